The lowest BCUT2D eigenvalue weighted by Gasteiger charge is -2.19. The number of aryl methyl sites for hydroxylation is 1. The number of benzene rings is 1. The van der Waals surface area contributed by atoms with E-state index in [1.54, 1.807) is 0 Å². The Morgan fingerprint density at radius 2 is 2.00 bits per heavy atom. The molecule has 0 aliphatic rings. The summed E-state index contributed by atoms with van der Waals surface area (Å²) in [5.41, 5.74) is 1.31. The molecule has 0 aromatic heterocycles. The summed E-state index contributed by atoms with van der Waals surface area (Å²) in [5.74, 6) is -1.21. The van der Waals surface area contributed by atoms with Crippen LogP contribution in [0.1, 0.15) is 38.3 Å². The summed E-state index contributed by atoms with van der Waals surface area (Å²) in [7, 11) is 0. The van der Waals surface area contributed by atoms with Crippen LogP contribution in [0.4, 0.5) is 0 Å². The van der Waals surface area contributed by atoms with Gasteiger partial charge in [-0.3, -0.25) is 4.79 Å². The van der Waals surface area contributed by atoms with Crippen molar-refractivity contribution in [3.05, 3.63) is 41.5 Å². The maximum atomic E-state index is 11.6. The molecule has 0 bridgehead atoms. The van der Waals surface area contributed by atoms with E-state index in [0.29, 0.717) is 12.8 Å². The van der Waals surface area contributed by atoms with Crippen molar-refractivity contribution >= 4 is 18.0 Å². The monoisotopic (exact) mass is 276 g/mol. The Labute approximate surface area is 119 Å². The average Bonchev–Trinajstić information content (AvgIpc) is 2.32. The molecule has 0 amide bonds. The van der Waals surface area contributed by atoms with Gasteiger partial charge in [0.05, 0.1) is 0 Å². The van der Waals surface area contributed by atoms with Gasteiger partial charge in [0, 0.05) is 12.5 Å². The predicted molar refractivity (Wildman–Crippen MR) is 77.3 cm³/mol. The highest BCUT2D eigenvalue weighted by Gasteiger charge is 2.15. The SMILES string of the molecule is CC(C)(C)OC(=O)CCc1cccc(C=CC(=O)O)c1. The van der Waals surface area contributed by atoms with Crippen molar-refractivity contribution in [3.63, 3.8) is 0 Å². The van der Waals surface area contributed by atoms with E-state index >= 15 is 0 Å². The lowest BCUT2D eigenvalue weighted by Crippen LogP contribution is -2.24. The van der Waals surface area contributed by atoms with E-state index in [1.165, 1.54) is 6.08 Å². The normalized spacial score (nSPS) is 11.6. The highest BCUT2D eigenvalue weighted by molar-refractivity contribution is 5.85. The largest absolute Gasteiger partial charge is 0.478 e. The van der Waals surface area contributed by atoms with Gasteiger partial charge >= 0.3 is 11.9 Å². The summed E-state index contributed by atoms with van der Waals surface area (Å²) in [5, 5.41) is 8.58. The maximum Gasteiger partial charge on any atom is 0.328 e. The molecule has 4 nitrogen and oxygen atoms in total. The Bertz CT molecular complexity index is 509. The fourth-order valence-electron chi connectivity index (χ4n) is 1.66. The highest BCUT2D eigenvalue weighted by Crippen LogP contribution is 2.12. The van der Waals surface area contributed by atoms with Gasteiger partial charge in [-0.25, -0.2) is 4.79 Å². The number of carboxylic acids is 1. The molecule has 1 rings (SSSR count). The first-order valence-electron chi connectivity index (χ1n) is 6.48. The molecular weight excluding hydrogens is 256 g/mol. The molecule has 4 heteroatoms. The zero-order chi connectivity index (χ0) is 15.2. The number of ether oxygens (including phenoxy) is 1. The number of rotatable bonds is 5. The Morgan fingerprint density at radius 3 is 2.60 bits per heavy atom. The molecular formula is C16H20O4. The van der Waals surface area contributed by atoms with Gasteiger partial charge in [-0.05, 0) is 44.4 Å². The van der Waals surface area contributed by atoms with Crippen LogP contribution in [-0.4, -0.2) is 22.6 Å². The minimum atomic E-state index is -0.982. The van der Waals surface area contributed by atoms with E-state index < -0.39 is 11.6 Å². The number of carboxylic acid groups (broad SMARTS) is 1. The smallest absolute Gasteiger partial charge is 0.328 e. The summed E-state index contributed by atoms with van der Waals surface area (Å²) in [4.78, 5) is 22.1. The summed E-state index contributed by atoms with van der Waals surface area (Å²) >= 11 is 0. The molecule has 0 saturated heterocycles. The first-order valence-corrected chi connectivity index (χ1v) is 6.48. The van der Waals surface area contributed by atoms with Crippen LogP contribution >= 0.6 is 0 Å². The first kappa shape index (κ1) is 16.0. The zero-order valence-electron chi connectivity index (χ0n) is 12.1. The second-order valence-corrected chi connectivity index (χ2v) is 5.50. The predicted octanol–water partition coefficient (Wildman–Crippen LogP) is 3.06. The van der Waals surface area contributed by atoms with Crippen molar-refractivity contribution < 1.29 is 19.4 Å². The van der Waals surface area contributed by atoms with Gasteiger partial charge in [-0.15, -0.1) is 0 Å². The van der Waals surface area contributed by atoms with Gasteiger partial charge in [-0.1, -0.05) is 24.3 Å². The number of carbonyl (C=O) groups is 2. The van der Waals surface area contributed by atoms with Crippen molar-refractivity contribution in [3.8, 4) is 0 Å². The van der Waals surface area contributed by atoms with E-state index in [9.17, 15) is 9.59 Å². The molecule has 0 radical (unpaired) electrons. The molecule has 20 heavy (non-hydrogen) atoms. The third kappa shape index (κ3) is 6.73. The van der Waals surface area contributed by atoms with Crippen LogP contribution in [0, 0.1) is 0 Å². The molecule has 108 valence electrons. The van der Waals surface area contributed by atoms with Crippen LogP contribution in [0.3, 0.4) is 0 Å². The fraction of sp³-hybridized carbons (Fsp3) is 0.375. The summed E-state index contributed by atoms with van der Waals surface area (Å²) in [6.45, 7) is 5.51. The van der Waals surface area contributed by atoms with Crippen molar-refractivity contribution in [2.24, 2.45) is 0 Å². The maximum absolute atomic E-state index is 11.6. The first-order chi connectivity index (χ1) is 9.26. The zero-order valence-corrected chi connectivity index (χ0v) is 12.1. The molecule has 0 aliphatic carbocycles. The molecule has 1 aromatic carbocycles. The van der Waals surface area contributed by atoms with Crippen molar-refractivity contribution in [2.75, 3.05) is 0 Å². The van der Waals surface area contributed by atoms with Gasteiger partial charge in [0.1, 0.15) is 5.60 Å². The van der Waals surface area contributed by atoms with E-state index in [-0.39, 0.29) is 5.97 Å². The quantitative estimate of drug-likeness (QED) is 0.663. The Balaban J connectivity index is 2.59. The topological polar surface area (TPSA) is 63.6 Å². The molecule has 1 aromatic rings. The summed E-state index contributed by atoms with van der Waals surface area (Å²) in [6, 6.07) is 7.43. The lowest BCUT2D eigenvalue weighted by atomic mass is 10.1. The second kappa shape index (κ2) is 6.89. The Kier molecular flexibility index (Phi) is 5.50. The van der Waals surface area contributed by atoms with Gasteiger partial charge in [-0.2, -0.15) is 0 Å². The molecule has 0 fully saturated rings. The summed E-state index contributed by atoms with van der Waals surface area (Å²) in [6.07, 6.45) is 3.50. The Morgan fingerprint density at radius 1 is 1.30 bits per heavy atom. The van der Waals surface area contributed by atoms with Crippen LogP contribution < -0.4 is 0 Å². The van der Waals surface area contributed by atoms with E-state index in [4.69, 9.17) is 9.84 Å². The van der Waals surface area contributed by atoms with E-state index in [2.05, 4.69) is 0 Å². The number of esters is 1. The number of hydrogen-bond acceptors (Lipinski definition) is 3. The third-order valence-corrected chi connectivity index (χ3v) is 2.41. The standard InChI is InChI=1S/C16H20O4/c1-16(2,3)20-15(19)10-8-13-6-4-5-12(11-13)7-9-14(17)18/h4-7,9,11H,8,10H2,1-3H3,(H,17,18). The van der Waals surface area contributed by atoms with Crippen LogP contribution in [0.15, 0.2) is 30.3 Å². The van der Waals surface area contributed by atoms with Crippen LogP contribution in [0.5, 0.6) is 0 Å². The van der Waals surface area contributed by atoms with Crippen LogP contribution in [0.25, 0.3) is 6.08 Å². The van der Waals surface area contributed by atoms with Gasteiger partial charge < -0.3 is 9.84 Å². The molecule has 1 N–H and O–H groups in total. The fourth-order valence-corrected chi connectivity index (χ4v) is 1.66. The number of aliphatic carboxylic acids is 1. The number of hydrogen-bond donors (Lipinski definition) is 1. The lowest BCUT2D eigenvalue weighted by molar-refractivity contribution is -0.154. The Hall–Kier alpha value is -2.10. The van der Waals surface area contributed by atoms with Gasteiger partial charge in [0.25, 0.3) is 0 Å². The number of carbonyl (C=O) groups excluding carboxylic acids is 1. The second-order valence-electron chi connectivity index (χ2n) is 5.50. The third-order valence-electron chi connectivity index (χ3n) is 2.41. The molecule has 0 aliphatic heterocycles. The van der Waals surface area contributed by atoms with E-state index in [0.717, 1.165) is 17.2 Å². The van der Waals surface area contributed by atoms with Crippen molar-refractivity contribution in [1.29, 1.82) is 0 Å². The summed E-state index contributed by atoms with van der Waals surface area (Å²) < 4.78 is 5.24. The molecule has 0 atom stereocenters. The minimum Gasteiger partial charge on any atom is -0.478 e. The molecule has 0 spiro atoms. The molecule has 0 heterocycles. The minimum absolute atomic E-state index is 0.232. The van der Waals surface area contributed by atoms with E-state index in [1.807, 2.05) is 45.0 Å². The van der Waals surface area contributed by atoms with Gasteiger partial charge in [0.2, 0.25) is 0 Å². The van der Waals surface area contributed by atoms with Crippen LogP contribution in [0.2, 0.25) is 0 Å². The van der Waals surface area contributed by atoms with Crippen molar-refractivity contribution in [2.45, 2.75) is 39.2 Å². The van der Waals surface area contributed by atoms with Crippen LogP contribution in [-0.2, 0) is 20.7 Å². The average molecular weight is 276 g/mol. The van der Waals surface area contributed by atoms with Crippen molar-refractivity contribution in [1.82, 2.24) is 0 Å². The highest BCUT2D eigenvalue weighted by atomic mass is 16.6. The molecule has 0 unspecified atom stereocenters. The van der Waals surface area contributed by atoms with Gasteiger partial charge in [0.15, 0.2) is 0 Å². The molecule has 0 saturated carbocycles.